The molecule has 0 spiro atoms. The summed E-state index contributed by atoms with van der Waals surface area (Å²) < 4.78 is 0.967. The monoisotopic (exact) mass is 384 g/mol. The second kappa shape index (κ2) is 5.37. The molecule has 1 saturated carbocycles. The first kappa shape index (κ1) is 13.3. The van der Waals surface area contributed by atoms with Crippen molar-refractivity contribution in [2.24, 2.45) is 0 Å². The van der Waals surface area contributed by atoms with Crippen LogP contribution in [-0.4, -0.2) is 9.97 Å². The molecule has 0 atom stereocenters. The van der Waals surface area contributed by atoms with E-state index in [1.54, 1.807) is 0 Å². The predicted octanol–water partition coefficient (Wildman–Crippen LogP) is 4.84. The van der Waals surface area contributed by atoms with Gasteiger partial charge >= 0.3 is 0 Å². The van der Waals surface area contributed by atoms with Crippen LogP contribution in [0.15, 0.2) is 24.3 Å². The largest absolute Gasteiger partial charge is 0.232 e. The van der Waals surface area contributed by atoms with Gasteiger partial charge in [0.25, 0.3) is 0 Å². The van der Waals surface area contributed by atoms with E-state index in [0.29, 0.717) is 11.1 Å². The lowest BCUT2D eigenvalue weighted by atomic mass is 10.0. The molecule has 0 N–H and O–H groups in total. The zero-order chi connectivity index (χ0) is 13.4. The Morgan fingerprint density at radius 1 is 1.26 bits per heavy atom. The van der Waals surface area contributed by atoms with Crippen LogP contribution in [0.5, 0.6) is 0 Å². The zero-order valence-corrected chi connectivity index (χ0v) is 13.6. The average molecular weight is 385 g/mol. The third-order valence-electron chi connectivity index (χ3n) is 3.43. The molecule has 0 amide bonds. The van der Waals surface area contributed by atoms with Crippen LogP contribution in [0.25, 0.3) is 11.4 Å². The minimum absolute atomic E-state index is 0.563. The van der Waals surface area contributed by atoms with Crippen LogP contribution < -0.4 is 0 Å². The highest BCUT2D eigenvalue weighted by Gasteiger charge is 2.27. The molecule has 4 heteroatoms. The van der Waals surface area contributed by atoms with E-state index in [1.807, 2.05) is 6.07 Å². The van der Waals surface area contributed by atoms with Crippen molar-refractivity contribution in [1.29, 1.82) is 0 Å². The van der Waals surface area contributed by atoms with Crippen LogP contribution in [0, 0.1) is 3.57 Å². The van der Waals surface area contributed by atoms with E-state index in [0.717, 1.165) is 27.1 Å². The number of hydrogen-bond acceptors (Lipinski definition) is 2. The van der Waals surface area contributed by atoms with Gasteiger partial charge in [-0.15, -0.1) is 0 Å². The van der Waals surface area contributed by atoms with Crippen LogP contribution in [0.1, 0.15) is 36.9 Å². The lowest BCUT2D eigenvalue weighted by molar-refractivity contribution is 0.984. The highest BCUT2D eigenvalue weighted by molar-refractivity contribution is 14.1. The Labute approximate surface area is 131 Å². The number of nitrogens with zero attached hydrogens (tertiary/aromatic N) is 2. The van der Waals surface area contributed by atoms with Crippen molar-refractivity contribution in [1.82, 2.24) is 9.97 Å². The van der Waals surface area contributed by atoms with E-state index in [4.69, 9.17) is 11.6 Å². The normalized spacial score (nSPS) is 14.7. The van der Waals surface area contributed by atoms with Crippen molar-refractivity contribution >= 4 is 34.2 Å². The smallest absolute Gasteiger partial charge is 0.161 e. The molecule has 19 heavy (non-hydrogen) atoms. The molecule has 0 bridgehead atoms. The van der Waals surface area contributed by atoms with E-state index in [2.05, 4.69) is 57.7 Å². The molecule has 2 aromatic rings. The molecule has 1 aromatic carbocycles. The summed E-state index contributed by atoms with van der Waals surface area (Å²) in [5.74, 6) is 1.45. The van der Waals surface area contributed by atoms with Gasteiger partial charge in [-0.25, -0.2) is 9.97 Å². The third kappa shape index (κ3) is 2.63. The highest BCUT2D eigenvalue weighted by Crippen LogP contribution is 2.43. The Hall–Kier alpha value is -0.680. The summed E-state index contributed by atoms with van der Waals surface area (Å²) in [6.45, 7) is 2.09. The van der Waals surface area contributed by atoms with Crippen molar-refractivity contribution in [2.75, 3.05) is 0 Å². The maximum atomic E-state index is 6.24. The van der Waals surface area contributed by atoms with Crippen molar-refractivity contribution in [2.45, 2.75) is 32.1 Å². The van der Waals surface area contributed by atoms with Crippen LogP contribution in [0.4, 0.5) is 0 Å². The van der Waals surface area contributed by atoms with Crippen LogP contribution in [0.3, 0.4) is 0 Å². The number of aromatic nitrogens is 2. The van der Waals surface area contributed by atoms with Gasteiger partial charge in [0, 0.05) is 5.56 Å². The van der Waals surface area contributed by atoms with E-state index < -0.39 is 0 Å². The van der Waals surface area contributed by atoms with Gasteiger partial charge in [0.15, 0.2) is 5.82 Å². The van der Waals surface area contributed by atoms with Gasteiger partial charge in [-0.3, -0.25) is 0 Å². The molecule has 1 aromatic heterocycles. The van der Waals surface area contributed by atoms with Gasteiger partial charge in [-0.1, -0.05) is 42.8 Å². The van der Waals surface area contributed by atoms with Gasteiger partial charge in [-0.2, -0.15) is 0 Å². The van der Waals surface area contributed by atoms with Gasteiger partial charge in [0.05, 0.1) is 9.26 Å². The Morgan fingerprint density at radius 2 is 2.00 bits per heavy atom. The first-order valence-electron chi connectivity index (χ1n) is 6.52. The van der Waals surface area contributed by atoms with Gasteiger partial charge in [-0.05, 0) is 53.3 Å². The van der Waals surface area contributed by atoms with Crippen LogP contribution >= 0.6 is 34.2 Å². The SMILES string of the molecule is CCc1nc(-c2ccccc2C2CC2)nc(Cl)c1I. The average Bonchev–Trinajstić information content (AvgIpc) is 3.26. The number of rotatable bonds is 3. The molecule has 1 heterocycles. The van der Waals surface area contributed by atoms with Gasteiger partial charge in [0.2, 0.25) is 0 Å². The minimum Gasteiger partial charge on any atom is -0.232 e. The molecule has 3 rings (SSSR count). The lowest BCUT2D eigenvalue weighted by Gasteiger charge is -2.10. The molecule has 0 saturated heterocycles. The van der Waals surface area contributed by atoms with Gasteiger partial charge in [0.1, 0.15) is 5.15 Å². The Kier molecular flexibility index (Phi) is 3.76. The summed E-state index contributed by atoms with van der Waals surface area (Å²) in [6.07, 6.45) is 3.42. The molecule has 1 aliphatic carbocycles. The topological polar surface area (TPSA) is 25.8 Å². The van der Waals surface area contributed by atoms with E-state index in [9.17, 15) is 0 Å². The second-order valence-electron chi connectivity index (χ2n) is 4.81. The maximum absolute atomic E-state index is 6.24. The van der Waals surface area contributed by atoms with E-state index in [1.165, 1.54) is 18.4 Å². The quantitative estimate of drug-likeness (QED) is 0.559. The molecule has 0 radical (unpaired) electrons. The molecule has 0 unspecified atom stereocenters. The predicted molar refractivity (Wildman–Crippen MR) is 86.5 cm³/mol. The fourth-order valence-electron chi connectivity index (χ4n) is 2.27. The Morgan fingerprint density at radius 3 is 2.68 bits per heavy atom. The fourth-order valence-corrected chi connectivity index (χ4v) is 3.08. The summed E-state index contributed by atoms with van der Waals surface area (Å²) in [6, 6.07) is 8.42. The summed E-state index contributed by atoms with van der Waals surface area (Å²) in [5.41, 5.74) is 3.53. The second-order valence-corrected chi connectivity index (χ2v) is 6.25. The number of hydrogen-bond donors (Lipinski definition) is 0. The first-order valence-corrected chi connectivity index (χ1v) is 7.97. The summed E-state index contributed by atoms with van der Waals surface area (Å²) >= 11 is 8.46. The summed E-state index contributed by atoms with van der Waals surface area (Å²) in [4.78, 5) is 9.16. The van der Waals surface area contributed by atoms with Gasteiger partial charge < -0.3 is 0 Å². The summed E-state index contributed by atoms with van der Waals surface area (Å²) in [5, 5.41) is 0.563. The number of halogens is 2. The third-order valence-corrected chi connectivity index (χ3v) is 5.16. The Bertz CT molecular complexity index is 624. The maximum Gasteiger partial charge on any atom is 0.161 e. The van der Waals surface area contributed by atoms with Crippen molar-refractivity contribution < 1.29 is 0 Å². The van der Waals surface area contributed by atoms with Crippen molar-refractivity contribution in [3.8, 4) is 11.4 Å². The Balaban J connectivity index is 2.14. The summed E-state index contributed by atoms with van der Waals surface area (Å²) in [7, 11) is 0. The number of benzene rings is 1. The zero-order valence-electron chi connectivity index (χ0n) is 10.7. The van der Waals surface area contributed by atoms with Crippen molar-refractivity contribution in [3.05, 3.63) is 44.2 Å². The molecule has 2 nitrogen and oxygen atoms in total. The minimum atomic E-state index is 0.563. The molecule has 1 fully saturated rings. The highest BCUT2D eigenvalue weighted by atomic mass is 127. The molecule has 1 aliphatic rings. The van der Waals surface area contributed by atoms with Crippen molar-refractivity contribution in [3.63, 3.8) is 0 Å². The standard InChI is InChI=1S/C15H14ClIN2/c1-2-12-13(17)14(16)19-15(18-12)11-6-4-3-5-10(11)9-7-8-9/h3-6,9H,2,7-8H2,1H3. The number of aryl methyl sites for hydroxylation is 1. The molecule has 98 valence electrons. The molecule has 0 aliphatic heterocycles. The molecular weight excluding hydrogens is 371 g/mol. The van der Waals surface area contributed by atoms with E-state index >= 15 is 0 Å². The van der Waals surface area contributed by atoms with E-state index in [-0.39, 0.29) is 0 Å². The van der Waals surface area contributed by atoms with Crippen LogP contribution in [-0.2, 0) is 6.42 Å². The fraction of sp³-hybridized carbons (Fsp3) is 0.333. The lowest BCUT2D eigenvalue weighted by Crippen LogP contribution is -2.01. The first-order chi connectivity index (χ1) is 9.20. The van der Waals surface area contributed by atoms with Crippen LogP contribution in [0.2, 0.25) is 5.15 Å². The molecular formula is C15H14ClIN2.